The molecule has 0 saturated heterocycles. The molecular weight excluding hydrogens is 210 g/mol. The van der Waals surface area contributed by atoms with Crippen molar-refractivity contribution in [3.63, 3.8) is 0 Å². The first-order chi connectivity index (χ1) is 7.35. The fourth-order valence-electron chi connectivity index (χ4n) is 1.23. The molecule has 0 aliphatic heterocycles. The summed E-state index contributed by atoms with van der Waals surface area (Å²) >= 11 is 1.07. The minimum Gasteiger partial charge on any atom is -0.390 e. The van der Waals surface area contributed by atoms with E-state index in [1.54, 1.807) is 24.3 Å². The molecule has 1 N–H and O–H groups in total. The summed E-state index contributed by atoms with van der Waals surface area (Å²) in [5.41, 5.74) is 2.73. The lowest BCUT2D eigenvalue weighted by Gasteiger charge is -1.98. The van der Waals surface area contributed by atoms with Crippen LogP contribution in [0.3, 0.4) is 0 Å². The Bertz CT molecular complexity index is 498. The predicted molar refractivity (Wildman–Crippen MR) is 56.0 cm³/mol. The van der Waals surface area contributed by atoms with Gasteiger partial charge < -0.3 is 5.11 Å². The second-order valence-electron chi connectivity index (χ2n) is 2.91. The number of aliphatic hydroxyl groups excluding tert-OH is 1. The molecule has 1 aromatic carbocycles. The van der Waals surface area contributed by atoms with Gasteiger partial charge in [0.05, 0.1) is 30.0 Å². The Hall–Kier alpha value is -1.77. The zero-order valence-electron chi connectivity index (χ0n) is 7.71. The van der Waals surface area contributed by atoms with Crippen molar-refractivity contribution >= 4 is 11.7 Å². The topological polar surface area (TPSA) is 69.8 Å². The maximum Gasteiger partial charge on any atom is 0.110 e. The van der Waals surface area contributed by atoms with Crippen molar-refractivity contribution in [2.75, 3.05) is 0 Å². The van der Waals surface area contributed by atoms with Gasteiger partial charge in [0, 0.05) is 5.56 Å². The summed E-state index contributed by atoms with van der Waals surface area (Å²) in [5, 5.41) is 17.7. The fourth-order valence-corrected chi connectivity index (χ4v) is 1.81. The molecule has 74 valence electrons. The van der Waals surface area contributed by atoms with E-state index in [0.29, 0.717) is 17.0 Å². The van der Waals surface area contributed by atoms with Crippen LogP contribution in [0.1, 0.15) is 11.3 Å². The van der Waals surface area contributed by atoms with Crippen LogP contribution in [0.25, 0.3) is 11.3 Å². The average molecular weight is 217 g/mol. The number of aliphatic hydroxyl groups is 1. The molecule has 0 atom stereocenters. The van der Waals surface area contributed by atoms with Gasteiger partial charge in [-0.05, 0) is 12.1 Å². The van der Waals surface area contributed by atoms with Gasteiger partial charge in [-0.3, -0.25) is 0 Å². The Morgan fingerprint density at radius 1 is 1.27 bits per heavy atom. The molecular formula is C10H7N3OS. The maximum atomic E-state index is 9.02. The lowest BCUT2D eigenvalue weighted by atomic mass is 10.1. The van der Waals surface area contributed by atoms with Crippen molar-refractivity contribution in [1.82, 2.24) is 8.75 Å². The Morgan fingerprint density at radius 3 is 2.60 bits per heavy atom. The highest BCUT2D eigenvalue weighted by Gasteiger charge is 2.08. The fraction of sp³-hybridized carbons (Fsp3) is 0.100. The van der Waals surface area contributed by atoms with Gasteiger partial charge in [0.25, 0.3) is 0 Å². The molecule has 4 nitrogen and oxygen atoms in total. The third-order valence-electron chi connectivity index (χ3n) is 1.99. The van der Waals surface area contributed by atoms with Crippen LogP contribution in [-0.2, 0) is 6.61 Å². The summed E-state index contributed by atoms with van der Waals surface area (Å²) in [4.78, 5) is 0. The van der Waals surface area contributed by atoms with Crippen molar-refractivity contribution in [2.24, 2.45) is 0 Å². The summed E-state index contributed by atoms with van der Waals surface area (Å²) < 4.78 is 8.07. The highest BCUT2D eigenvalue weighted by atomic mass is 32.1. The van der Waals surface area contributed by atoms with Gasteiger partial charge >= 0.3 is 0 Å². The molecule has 0 aliphatic carbocycles. The quantitative estimate of drug-likeness (QED) is 0.828. The molecule has 0 spiro atoms. The van der Waals surface area contributed by atoms with Crippen LogP contribution in [-0.4, -0.2) is 13.9 Å². The third kappa shape index (κ3) is 1.86. The minimum atomic E-state index is -0.119. The summed E-state index contributed by atoms with van der Waals surface area (Å²) in [6, 6.07) is 9.08. The minimum absolute atomic E-state index is 0.119. The molecule has 0 saturated carbocycles. The molecule has 2 rings (SSSR count). The first-order valence-corrected chi connectivity index (χ1v) is 5.01. The molecule has 0 radical (unpaired) electrons. The van der Waals surface area contributed by atoms with Crippen molar-refractivity contribution in [3.8, 4) is 17.3 Å². The molecule has 2 aromatic rings. The largest absolute Gasteiger partial charge is 0.390 e. The Kier molecular flexibility index (Phi) is 2.72. The second-order valence-corrected chi connectivity index (χ2v) is 3.44. The lowest BCUT2D eigenvalue weighted by Crippen LogP contribution is -1.88. The van der Waals surface area contributed by atoms with Crippen molar-refractivity contribution in [2.45, 2.75) is 6.61 Å². The van der Waals surface area contributed by atoms with Crippen LogP contribution in [0, 0.1) is 11.3 Å². The van der Waals surface area contributed by atoms with Crippen LogP contribution >= 0.6 is 11.7 Å². The number of hydrogen-bond acceptors (Lipinski definition) is 5. The molecule has 0 bridgehead atoms. The SMILES string of the molecule is N#Cc1ccc(-c2nsnc2CO)cc1. The number of aromatic nitrogens is 2. The van der Waals surface area contributed by atoms with E-state index >= 15 is 0 Å². The van der Waals surface area contributed by atoms with E-state index in [9.17, 15) is 0 Å². The van der Waals surface area contributed by atoms with Gasteiger partial charge in [-0.25, -0.2) is 0 Å². The molecule has 1 aromatic heterocycles. The molecule has 5 heteroatoms. The van der Waals surface area contributed by atoms with Crippen molar-refractivity contribution in [1.29, 1.82) is 5.26 Å². The van der Waals surface area contributed by atoms with Gasteiger partial charge in [-0.15, -0.1) is 0 Å². The van der Waals surface area contributed by atoms with E-state index in [2.05, 4.69) is 8.75 Å². The van der Waals surface area contributed by atoms with Gasteiger partial charge in [0.2, 0.25) is 0 Å². The van der Waals surface area contributed by atoms with Crippen molar-refractivity contribution < 1.29 is 5.11 Å². The summed E-state index contributed by atoms with van der Waals surface area (Å²) in [6.07, 6.45) is 0. The van der Waals surface area contributed by atoms with Gasteiger partial charge in [0.1, 0.15) is 11.4 Å². The maximum absolute atomic E-state index is 9.02. The molecule has 1 heterocycles. The van der Waals surface area contributed by atoms with Crippen LogP contribution in [0.4, 0.5) is 0 Å². The molecule has 0 aliphatic rings. The Balaban J connectivity index is 2.42. The number of nitriles is 1. The molecule has 0 amide bonds. The van der Waals surface area contributed by atoms with Gasteiger partial charge in [-0.1, -0.05) is 12.1 Å². The highest BCUT2D eigenvalue weighted by molar-refractivity contribution is 6.99. The zero-order valence-corrected chi connectivity index (χ0v) is 8.53. The first kappa shape index (κ1) is 9.77. The van der Waals surface area contributed by atoms with E-state index < -0.39 is 0 Å². The number of nitrogens with zero attached hydrogens (tertiary/aromatic N) is 3. The van der Waals surface area contributed by atoms with Crippen LogP contribution < -0.4 is 0 Å². The second kappa shape index (κ2) is 4.17. The normalized spacial score (nSPS) is 9.87. The predicted octanol–water partition coefficient (Wildman–Crippen LogP) is 1.57. The third-order valence-corrected chi connectivity index (χ3v) is 2.56. The summed E-state index contributed by atoms with van der Waals surface area (Å²) in [5.74, 6) is 0. The molecule has 0 fully saturated rings. The van der Waals surface area contributed by atoms with Crippen LogP contribution in [0.2, 0.25) is 0 Å². The number of rotatable bonds is 2. The van der Waals surface area contributed by atoms with E-state index in [-0.39, 0.29) is 6.61 Å². The summed E-state index contributed by atoms with van der Waals surface area (Å²) in [7, 11) is 0. The Morgan fingerprint density at radius 2 is 2.00 bits per heavy atom. The van der Waals surface area contributed by atoms with E-state index in [1.807, 2.05) is 6.07 Å². The monoisotopic (exact) mass is 217 g/mol. The van der Waals surface area contributed by atoms with Crippen LogP contribution in [0.15, 0.2) is 24.3 Å². The highest BCUT2D eigenvalue weighted by Crippen LogP contribution is 2.21. The number of benzene rings is 1. The van der Waals surface area contributed by atoms with Crippen molar-refractivity contribution in [3.05, 3.63) is 35.5 Å². The van der Waals surface area contributed by atoms with E-state index in [1.165, 1.54) is 0 Å². The van der Waals surface area contributed by atoms with Gasteiger partial charge in [-0.2, -0.15) is 14.0 Å². The van der Waals surface area contributed by atoms with E-state index in [4.69, 9.17) is 10.4 Å². The molecule has 0 unspecified atom stereocenters. The van der Waals surface area contributed by atoms with E-state index in [0.717, 1.165) is 17.3 Å². The summed E-state index contributed by atoms with van der Waals surface area (Å²) in [6.45, 7) is -0.119. The molecule has 15 heavy (non-hydrogen) atoms. The van der Waals surface area contributed by atoms with Crippen LogP contribution in [0.5, 0.6) is 0 Å². The first-order valence-electron chi connectivity index (χ1n) is 4.28. The number of hydrogen-bond donors (Lipinski definition) is 1. The standard InChI is InChI=1S/C10H7N3OS/c11-5-7-1-3-8(4-2-7)10-9(6-14)12-15-13-10/h1-4,14H,6H2. The smallest absolute Gasteiger partial charge is 0.110 e. The zero-order chi connectivity index (χ0) is 10.7. The lowest BCUT2D eigenvalue weighted by molar-refractivity contribution is 0.278. The average Bonchev–Trinajstić information content (AvgIpc) is 2.77. The Labute approximate surface area is 90.8 Å². The van der Waals surface area contributed by atoms with Gasteiger partial charge in [0.15, 0.2) is 0 Å².